The van der Waals surface area contributed by atoms with E-state index < -0.39 is 0 Å². The molecule has 12 heavy (non-hydrogen) atoms. The molecule has 0 N–H and O–H groups in total. The molecule has 1 radical (unpaired) electrons. The van der Waals surface area contributed by atoms with Gasteiger partial charge in [0.05, 0.1) is 0 Å². The lowest BCUT2D eigenvalue weighted by molar-refractivity contribution is 0.706. The minimum Gasteiger partial charge on any atom is -0.0837 e. The van der Waals surface area contributed by atoms with Crippen LogP contribution in [0.3, 0.4) is 0 Å². The summed E-state index contributed by atoms with van der Waals surface area (Å²) < 4.78 is 0. The van der Waals surface area contributed by atoms with Crippen LogP contribution in [0.25, 0.3) is 0 Å². The number of hydrogen-bond acceptors (Lipinski definition) is 0. The van der Waals surface area contributed by atoms with Crippen LogP contribution in [0, 0.1) is 0 Å². The standard InChI is InChI=1S/C11H22P/c1-3-5-7-9-11-12-10-8-6-4-2/h8,10H,3-7,9,11H2,1-2H3/b10-8+. The Morgan fingerprint density at radius 1 is 1.00 bits per heavy atom. The molecule has 1 heteroatoms. The molecular weight excluding hydrogens is 163 g/mol. The van der Waals surface area contributed by atoms with Gasteiger partial charge in [-0.25, -0.2) is 0 Å². The van der Waals surface area contributed by atoms with Crippen molar-refractivity contribution in [1.29, 1.82) is 0 Å². The van der Waals surface area contributed by atoms with E-state index in [0.717, 1.165) is 0 Å². The first kappa shape index (κ1) is 12.2. The average Bonchev–Trinajstić information content (AvgIpc) is 2.10. The Hall–Kier alpha value is 0.170. The molecule has 0 aliphatic rings. The predicted octanol–water partition coefficient (Wildman–Crippen LogP) is 4.83. The molecule has 0 spiro atoms. The van der Waals surface area contributed by atoms with E-state index in [1.165, 1.54) is 53.3 Å². The van der Waals surface area contributed by atoms with Crippen molar-refractivity contribution in [2.45, 2.75) is 52.4 Å². The molecule has 0 amide bonds. The summed E-state index contributed by atoms with van der Waals surface area (Å²) in [4.78, 5) is 0. The van der Waals surface area contributed by atoms with Crippen molar-refractivity contribution >= 4 is 8.58 Å². The molecule has 71 valence electrons. The second-order valence-electron chi connectivity index (χ2n) is 3.14. The Balaban J connectivity index is 2.90. The topological polar surface area (TPSA) is 0 Å². The first-order valence-corrected chi connectivity index (χ1v) is 6.38. The van der Waals surface area contributed by atoms with Crippen LogP contribution >= 0.6 is 8.58 Å². The third kappa shape index (κ3) is 10.2. The van der Waals surface area contributed by atoms with Crippen LogP contribution in [0.4, 0.5) is 0 Å². The first-order chi connectivity index (χ1) is 5.91. The lowest BCUT2D eigenvalue weighted by Crippen LogP contribution is -1.76. The molecule has 0 aliphatic carbocycles. The Morgan fingerprint density at radius 2 is 1.83 bits per heavy atom. The van der Waals surface area contributed by atoms with Gasteiger partial charge in [0, 0.05) is 0 Å². The zero-order valence-electron chi connectivity index (χ0n) is 8.55. The van der Waals surface area contributed by atoms with E-state index in [-0.39, 0.29) is 0 Å². The van der Waals surface area contributed by atoms with Gasteiger partial charge in [-0.1, -0.05) is 60.0 Å². The van der Waals surface area contributed by atoms with E-state index in [2.05, 4.69) is 25.7 Å². The van der Waals surface area contributed by atoms with Crippen molar-refractivity contribution in [1.82, 2.24) is 0 Å². The van der Waals surface area contributed by atoms with Crippen LogP contribution in [0.15, 0.2) is 11.9 Å². The second kappa shape index (κ2) is 11.2. The maximum atomic E-state index is 2.31. The molecule has 0 unspecified atom stereocenters. The highest BCUT2D eigenvalue weighted by Crippen LogP contribution is 2.15. The summed E-state index contributed by atoms with van der Waals surface area (Å²) in [6.45, 7) is 4.49. The molecule has 0 aromatic carbocycles. The summed E-state index contributed by atoms with van der Waals surface area (Å²) in [6.07, 6.45) is 11.8. The molecule has 0 aromatic rings. The monoisotopic (exact) mass is 185 g/mol. The van der Waals surface area contributed by atoms with E-state index in [1.54, 1.807) is 0 Å². The predicted molar refractivity (Wildman–Crippen MR) is 60.0 cm³/mol. The Morgan fingerprint density at radius 3 is 2.50 bits per heavy atom. The minimum atomic E-state index is 1.25. The van der Waals surface area contributed by atoms with Gasteiger partial charge in [-0.2, -0.15) is 0 Å². The van der Waals surface area contributed by atoms with Gasteiger partial charge >= 0.3 is 0 Å². The number of allylic oxidation sites excluding steroid dienone is 1. The average molecular weight is 185 g/mol. The van der Waals surface area contributed by atoms with Gasteiger partial charge in [0.2, 0.25) is 0 Å². The van der Waals surface area contributed by atoms with E-state index in [0.29, 0.717) is 0 Å². The maximum absolute atomic E-state index is 2.31. The molecule has 0 fully saturated rings. The molecule has 0 aliphatic heterocycles. The van der Waals surface area contributed by atoms with E-state index in [1.807, 2.05) is 0 Å². The van der Waals surface area contributed by atoms with E-state index in [4.69, 9.17) is 0 Å². The highest BCUT2D eigenvalue weighted by atomic mass is 31.1. The van der Waals surface area contributed by atoms with Crippen molar-refractivity contribution in [2.24, 2.45) is 0 Å². The smallest absolute Gasteiger partial charge is 0.0250 e. The van der Waals surface area contributed by atoms with Crippen molar-refractivity contribution < 1.29 is 0 Å². The molecule has 0 heterocycles. The van der Waals surface area contributed by atoms with E-state index >= 15 is 0 Å². The van der Waals surface area contributed by atoms with Crippen molar-refractivity contribution in [2.75, 3.05) is 6.16 Å². The first-order valence-electron chi connectivity index (χ1n) is 5.23. The van der Waals surface area contributed by atoms with Crippen LogP contribution in [-0.4, -0.2) is 6.16 Å². The fourth-order valence-corrected chi connectivity index (χ4v) is 1.87. The van der Waals surface area contributed by atoms with Gasteiger partial charge in [0.15, 0.2) is 0 Å². The summed E-state index contributed by atoms with van der Waals surface area (Å²) >= 11 is 0. The molecule has 0 saturated carbocycles. The van der Waals surface area contributed by atoms with E-state index in [9.17, 15) is 0 Å². The van der Waals surface area contributed by atoms with Gasteiger partial charge in [-0.15, -0.1) is 0 Å². The number of rotatable bonds is 8. The third-order valence-corrected chi connectivity index (χ3v) is 2.80. The SMILES string of the molecule is CCC/C=C/[P]CCCCCC. The summed E-state index contributed by atoms with van der Waals surface area (Å²) in [5, 5.41) is 0. The quantitative estimate of drug-likeness (QED) is 0.375. The number of unbranched alkanes of at least 4 members (excludes halogenated alkanes) is 4. The zero-order chi connectivity index (χ0) is 9.07. The molecule has 0 atom stereocenters. The van der Waals surface area contributed by atoms with Crippen LogP contribution in [0.5, 0.6) is 0 Å². The van der Waals surface area contributed by atoms with Gasteiger partial charge in [0.25, 0.3) is 0 Å². The number of hydrogen-bond donors (Lipinski definition) is 0. The fraction of sp³-hybridized carbons (Fsp3) is 0.818. The fourth-order valence-electron chi connectivity index (χ4n) is 1.02. The minimum absolute atomic E-state index is 1.25. The Kier molecular flexibility index (Phi) is 11.3. The lowest BCUT2D eigenvalue weighted by atomic mass is 10.2. The Bertz CT molecular complexity index is 97.2. The molecule has 0 rings (SSSR count). The van der Waals surface area contributed by atoms with Crippen LogP contribution < -0.4 is 0 Å². The van der Waals surface area contributed by atoms with Crippen LogP contribution in [0.2, 0.25) is 0 Å². The molecule has 0 saturated heterocycles. The molecule has 0 nitrogen and oxygen atoms in total. The molecule has 0 aromatic heterocycles. The zero-order valence-corrected chi connectivity index (χ0v) is 9.45. The van der Waals surface area contributed by atoms with Crippen molar-refractivity contribution in [3.05, 3.63) is 11.9 Å². The van der Waals surface area contributed by atoms with Crippen molar-refractivity contribution in [3.8, 4) is 0 Å². The van der Waals surface area contributed by atoms with Gasteiger partial charge in [0.1, 0.15) is 0 Å². The van der Waals surface area contributed by atoms with Crippen molar-refractivity contribution in [3.63, 3.8) is 0 Å². The van der Waals surface area contributed by atoms with Crippen LogP contribution in [0.1, 0.15) is 52.4 Å². The summed E-state index contributed by atoms with van der Waals surface area (Å²) in [6, 6.07) is 0. The van der Waals surface area contributed by atoms with Gasteiger partial charge in [-0.05, 0) is 19.0 Å². The van der Waals surface area contributed by atoms with Gasteiger partial charge < -0.3 is 0 Å². The van der Waals surface area contributed by atoms with Crippen LogP contribution in [-0.2, 0) is 0 Å². The highest BCUT2D eigenvalue weighted by molar-refractivity contribution is 7.41. The summed E-state index contributed by atoms with van der Waals surface area (Å²) in [7, 11) is 1.52. The molecule has 0 bridgehead atoms. The maximum Gasteiger partial charge on any atom is -0.0250 e. The summed E-state index contributed by atoms with van der Waals surface area (Å²) in [5.41, 5.74) is 0. The Labute approximate surface area is 79.6 Å². The largest absolute Gasteiger partial charge is 0.0837 e. The highest BCUT2D eigenvalue weighted by Gasteiger charge is 1.86. The normalized spacial score (nSPS) is 12.2. The lowest BCUT2D eigenvalue weighted by Gasteiger charge is -1.95. The third-order valence-electron chi connectivity index (χ3n) is 1.81. The molecular formula is C11H22P. The second-order valence-corrected chi connectivity index (χ2v) is 4.25. The van der Waals surface area contributed by atoms with Gasteiger partial charge in [-0.3, -0.25) is 0 Å². The summed E-state index contributed by atoms with van der Waals surface area (Å²) in [5.74, 6) is 2.31.